The largest absolute Gasteiger partial charge is 0.282 e. The Morgan fingerprint density at radius 2 is 1.88 bits per heavy atom. The smallest absolute Gasteiger partial charge is 0.232 e. The van der Waals surface area contributed by atoms with Crippen molar-refractivity contribution in [1.82, 2.24) is 0 Å². The Bertz CT molecular complexity index is 476. The third-order valence-electron chi connectivity index (χ3n) is 1.99. The molecule has 0 spiro atoms. The van der Waals surface area contributed by atoms with Gasteiger partial charge in [0.2, 0.25) is 10.0 Å². The fraction of sp³-hybridized carbons (Fsp3) is 0.400. The summed E-state index contributed by atoms with van der Waals surface area (Å²) in [5.41, 5.74) is 0.296. The molecule has 0 aromatic heterocycles. The molecule has 0 amide bonds. The standard InChI is InChI=1S/C10H12Cl3NO2S/c11-5-1-2-6-17(15,16)14-10-7-8(12)3-4-9(10)13/h3-4,7,14H,1-2,5-6H2. The summed E-state index contributed by atoms with van der Waals surface area (Å²) in [7, 11) is -3.40. The van der Waals surface area contributed by atoms with Crippen molar-refractivity contribution in [3.63, 3.8) is 0 Å². The van der Waals surface area contributed by atoms with Crippen LogP contribution in [-0.2, 0) is 10.0 Å². The second-order valence-electron chi connectivity index (χ2n) is 3.44. The third-order valence-corrected chi connectivity index (χ3v) is 4.18. The maximum atomic E-state index is 11.7. The normalized spacial score (nSPS) is 11.5. The SMILES string of the molecule is O=S(=O)(CCCCCl)Nc1cc(Cl)ccc1Cl. The Labute approximate surface area is 116 Å². The molecule has 0 radical (unpaired) electrons. The molecule has 1 N–H and O–H groups in total. The van der Waals surface area contributed by atoms with E-state index in [0.29, 0.717) is 34.5 Å². The zero-order valence-corrected chi connectivity index (χ0v) is 12.0. The molecule has 0 bridgehead atoms. The van der Waals surface area contributed by atoms with E-state index < -0.39 is 10.0 Å². The molecule has 1 aromatic carbocycles. The molecule has 0 aliphatic carbocycles. The molecule has 1 aromatic rings. The van der Waals surface area contributed by atoms with Crippen LogP contribution in [0.5, 0.6) is 0 Å². The van der Waals surface area contributed by atoms with Crippen LogP contribution in [0, 0.1) is 0 Å². The van der Waals surface area contributed by atoms with Gasteiger partial charge in [-0.1, -0.05) is 23.2 Å². The van der Waals surface area contributed by atoms with E-state index in [9.17, 15) is 8.42 Å². The lowest BCUT2D eigenvalue weighted by Gasteiger charge is -2.09. The molecule has 0 fully saturated rings. The summed E-state index contributed by atoms with van der Waals surface area (Å²) in [6.07, 6.45) is 1.17. The summed E-state index contributed by atoms with van der Waals surface area (Å²) < 4.78 is 25.8. The number of sulfonamides is 1. The average molecular weight is 317 g/mol. The van der Waals surface area contributed by atoms with Gasteiger partial charge in [0.25, 0.3) is 0 Å². The van der Waals surface area contributed by atoms with Gasteiger partial charge in [0.15, 0.2) is 0 Å². The Morgan fingerprint density at radius 1 is 1.18 bits per heavy atom. The molecule has 3 nitrogen and oxygen atoms in total. The van der Waals surface area contributed by atoms with Crippen LogP contribution in [0.1, 0.15) is 12.8 Å². The van der Waals surface area contributed by atoms with E-state index >= 15 is 0 Å². The second-order valence-corrected chi connectivity index (χ2v) is 6.50. The molecule has 17 heavy (non-hydrogen) atoms. The summed E-state index contributed by atoms with van der Waals surface area (Å²) in [6, 6.07) is 4.61. The molecule has 7 heteroatoms. The predicted octanol–water partition coefficient (Wildman–Crippen LogP) is 3.75. The Hall–Kier alpha value is -0.160. The zero-order valence-electron chi connectivity index (χ0n) is 8.92. The maximum Gasteiger partial charge on any atom is 0.232 e. The van der Waals surface area contributed by atoms with Gasteiger partial charge in [-0.05, 0) is 31.0 Å². The van der Waals surface area contributed by atoms with E-state index in [-0.39, 0.29) is 5.75 Å². The number of benzene rings is 1. The van der Waals surface area contributed by atoms with Gasteiger partial charge in [0, 0.05) is 10.9 Å². The molecule has 0 heterocycles. The monoisotopic (exact) mass is 315 g/mol. The fourth-order valence-electron chi connectivity index (χ4n) is 1.18. The second kappa shape index (κ2) is 6.69. The fourth-order valence-corrected chi connectivity index (χ4v) is 2.95. The van der Waals surface area contributed by atoms with Gasteiger partial charge < -0.3 is 0 Å². The van der Waals surface area contributed by atoms with E-state index in [4.69, 9.17) is 34.8 Å². The van der Waals surface area contributed by atoms with Crippen LogP contribution in [-0.4, -0.2) is 20.1 Å². The van der Waals surface area contributed by atoms with Crippen LogP contribution in [0.2, 0.25) is 10.0 Å². The van der Waals surface area contributed by atoms with Crippen LogP contribution in [0.3, 0.4) is 0 Å². The van der Waals surface area contributed by atoms with Crippen molar-refractivity contribution >= 4 is 50.5 Å². The first-order valence-corrected chi connectivity index (χ1v) is 7.90. The molecular weight excluding hydrogens is 305 g/mol. The highest BCUT2D eigenvalue weighted by Crippen LogP contribution is 2.26. The minimum Gasteiger partial charge on any atom is -0.282 e. The van der Waals surface area contributed by atoms with Crippen molar-refractivity contribution in [2.45, 2.75) is 12.8 Å². The summed E-state index contributed by atoms with van der Waals surface area (Å²) in [6.45, 7) is 0. The highest BCUT2D eigenvalue weighted by molar-refractivity contribution is 7.92. The molecule has 0 aliphatic rings. The summed E-state index contributed by atoms with van der Waals surface area (Å²) >= 11 is 17.1. The number of anilines is 1. The average Bonchev–Trinajstić information content (AvgIpc) is 2.23. The highest BCUT2D eigenvalue weighted by atomic mass is 35.5. The minimum absolute atomic E-state index is 0.0164. The molecule has 0 saturated heterocycles. The van der Waals surface area contributed by atoms with Crippen LogP contribution < -0.4 is 4.72 Å². The summed E-state index contributed by atoms with van der Waals surface area (Å²) in [5, 5.41) is 0.739. The van der Waals surface area contributed by atoms with Crippen LogP contribution in [0.4, 0.5) is 5.69 Å². The molecule has 1 rings (SSSR count). The van der Waals surface area contributed by atoms with Crippen molar-refractivity contribution < 1.29 is 8.42 Å². The Kier molecular flexibility index (Phi) is 5.86. The van der Waals surface area contributed by atoms with Gasteiger partial charge in [-0.3, -0.25) is 4.72 Å². The highest BCUT2D eigenvalue weighted by Gasteiger charge is 2.12. The summed E-state index contributed by atoms with van der Waals surface area (Å²) in [4.78, 5) is 0. The van der Waals surface area contributed by atoms with E-state index in [1.807, 2.05) is 0 Å². The lowest BCUT2D eigenvalue weighted by molar-refractivity contribution is 0.598. The first-order valence-electron chi connectivity index (χ1n) is 4.96. The maximum absolute atomic E-state index is 11.7. The van der Waals surface area contributed by atoms with Gasteiger partial charge in [-0.15, -0.1) is 11.6 Å². The van der Waals surface area contributed by atoms with E-state index in [2.05, 4.69) is 4.72 Å². The lowest BCUT2D eigenvalue weighted by atomic mass is 10.3. The number of unbranched alkanes of at least 4 members (excludes halogenated alkanes) is 1. The first kappa shape index (κ1) is 14.9. The van der Waals surface area contributed by atoms with Crippen molar-refractivity contribution in [2.24, 2.45) is 0 Å². The quantitative estimate of drug-likeness (QED) is 0.641. The lowest BCUT2D eigenvalue weighted by Crippen LogP contribution is -2.17. The predicted molar refractivity (Wildman–Crippen MR) is 73.8 cm³/mol. The topological polar surface area (TPSA) is 46.2 Å². The molecule has 96 valence electrons. The number of hydrogen-bond donors (Lipinski definition) is 1. The summed E-state index contributed by atoms with van der Waals surface area (Å²) in [5.74, 6) is 0.468. The van der Waals surface area contributed by atoms with Gasteiger partial charge in [0.1, 0.15) is 0 Å². The van der Waals surface area contributed by atoms with Crippen molar-refractivity contribution in [2.75, 3.05) is 16.4 Å². The van der Waals surface area contributed by atoms with E-state index in [1.54, 1.807) is 12.1 Å². The molecule has 0 unspecified atom stereocenters. The van der Waals surface area contributed by atoms with Gasteiger partial charge in [0.05, 0.1) is 16.5 Å². The molecule has 0 saturated carbocycles. The minimum atomic E-state index is -3.40. The van der Waals surface area contributed by atoms with E-state index in [0.717, 1.165) is 0 Å². The number of rotatable bonds is 6. The van der Waals surface area contributed by atoms with Gasteiger partial charge >= 0.3 is 0 Å². The van der Waals surface area contributed by atoms with Crippen molar-refractivity contribution in [3.05, 3.63) is 28.2 Å². The number of alkyl halides is 1. The number of nitrogens with one attached hydrogen (secondary N) is 1. The zero-order chi connectivity index (χ0) is 12.9. The Morgan fingerprint density at radius 3 is 2.53 bits per heavy atom. The van der Waals surface area contributed by atoms with E-state index in [1.165, 1.54) is 6.07 Å². The van der Waals surface area contributed by atoms with Gasteiger partial charge in [-0.25, -0.2) is 8.42 Å². The van der Waals surface area contributed by atoms with Crippen molar-refractivity contribution in [3.8, 4) is 0 Å². The Balaban J connectivity index is 2.72. The van der Waals surface area contributed by atoms with Crippen LogP contribution >= 0.6 is 34.8 Å². The molecule has 0 atom stereocenters. The first-order chi connectivity index (χ1) is 7.94. The number of halogens is 3. The molecule has 0 aliphatic heterocycles. The van der Waals surface area contributed by atoms with Crippen molar-refractivity contribution in [1.29, 1.82) is 0 Å². The number of hydrogen-bond acceptors (Lipinski definition) is 2. The van der Waals surface area contributed by atoms with Crippen LogP contribution in [0.25, 0.3) is 0 Å². The van der Waals surface area contributed by atoms with Gasteiger partial charge in [-0.2, -0.15) is 0 Å². The third kappa shape index (κ3) is 5.34. The molecular formula is C10H12Cl3NO2S. The van der Waals surface area contributed by atoms with Crippen LogP contribution in [0.15, 0.2) is 18.2 Å².